The Bertz CT molecular complexity index is 1370. The topological polar surface area (TPSA) is 113 Å². The number of pyridine rings is 1. The third-order valence-electron chi connectivity index (χ3n) is 6.83. The summed E-state index contributed by atoms with van der Waals surface area (Å²) in [6.45, 7) is 1.96. The first-order valence-electron chi connectivity index (χ1n) is 11.2. The Kier molecular flexibility index (Phi) is 4.59. The molecule has 5 heterocycles. The molecule has 0 radical (unpaired) electrons. The minimum Gasteiger partial charge on any atom is -0.391 e. The fourth-order valence-electron chi connectivity index (χ4n) is 4.74. The number of rotatable bonds is 5. The number of aliphatic hydroxyl groups is 1. The molecule has 10 nitrogen and oxygen atoms in total. The van der Waals surface area contributed by atoms with Crippen molar-refractivity contribution in [2.75, 3.05) is 32.5 Å². The summed E-state index contributed by atoms with van der Waals surface area (Å²) < 4.78 is 3.87. The van der Waals surface area contributed by atoms with Crippen LogP contribution in [0.5, 0.6) is 0 Å². The van der Waals surface area contributed by atoms with Crippen molar-refractivity contribution in [2.45, 2.75) is 31.0 Å². The van der Waals surface area contributed by atoms with E-state index in [0.29, 0.717) is 23.7 Å². The molecule has 33 heavy (non-hydrogen) atoms. The Morgan fingerprint density at radius 1 is 1.24 bits per heavy atom. The number of fused-ring (bicyclic) bond motifs is 2. The highest BCUT2D eigenvalue weighted by atomic mass is 16.3. The van der Waals surface area contributed by atoms with E-state index in [1.807, 2.05) is 25.4 Å². The molecule has 0 bridgehead atoms. The molecule has 3 N–H and O–H groups in total. The van der Waals surface area contributed by atoms with Crippen molar-refractivity contribution in [3.8, 4) is 11.3 Å². The maximum Gasteiger partial charge on any atom is 0.257 e. The van der Waals surface area contributed by atoms with Crippen LogP contribution < -0.4 is 10.6 Å². The summed E-state index contributed by atoms with van der Waals surface area (Å²) in [5.41, 5.74) is 3.50. The number of aliphatic hydroxyl groups excluding tert-OH is 1. The summed E-state index contributed by atoms with van der Waals surface area (Å²) in [7, 11) is 3.93. The van der Waals surface area contributed by atoms with E-state index < -0.39 is 6.10 Å². The molecule has 0 unspecified atom stereocenters. The van der Waals surface area contributed by atoms with Crippen LogP contribution in [0.1, 0.15) is 29.2 Å². The van der Waals surface area contributed by atoms with Gasteiger partial charge in [0, 0.05) is 49.5 Å². The van der Waals surface area contributed by atoms with E-state index in [1.54, 1.807) is 4.52 Å². The number of hydrogen-bond acceptors (Lipinski definition) is 7. The number of likely N-dealkylation sites (N-methyl/N-ethyl adjacent to an activating group) is 1. The first kappa shape index (κ1) is 20.1. The van der Waals surface area contributed by atoms with Gasteiger partial charge in [-0.2, -0.15) is 9.61 Å². The molecule has 1 aliphatic carbocycles. The van der Waals surface area contributed by atoms with Crippen LogP contribution in [0.15, 0.2) is 36.8 Å². The number of carbonyl (C=O) groups excluding carboxylic acids is 1. The number of nitrogens with zero attached hydrogens (tertiary/aromatic N) is 6. The van der Waals surface area contributed by atoms with Crippen molar-refractivity contribution >= 4 is 28.4 Å². The van der Waals surface area contributed by atoms with Crippen LogP contribution in [0.2, 0.25) is 0 Å². The van der Waals surface area contributed by atoms with Crippen molar-refractivity contribution in [1.82, 2.24) is 34.4 Å². The molecule has 0 spiro atoms. The van der Waals surface area contributed by atoms with Crippen LogP contribution in [0.3, 0.4) is 0 Å². The summed E-state index contributed by atoms with van der Waals surface area (Å²) in [5, 5.41) is 21.3. The standard InChI is InChI=1S/C23H26N8O2/c1-24-20-8-18(16-12-30(13-10-29(2)11-13)21-14(16)4-3-7-25-21)27-22-15(9-26-31(20)22)23(33)28-17-5-6-19(17)32/h3-4,7-9,12-13,17,19,24,32H,5-6,10-11H2,1-2H3,(H,28,33)/t17-,19-/m0/s1. The van der Waals surface area contributed by atoms with E-state index in [0.717, 1.165) is 47.6 Å². The number of amides is 1. The zero-order valence-electron chi connectivity index (χ0n) is 18.6. The molecular weight excluding hydrogens is 420 g/mol. The van der Waals surface area contributed by atoms with Gasteiger partial charge in [0.05, 0.1) is 30.1 Å². The van der Waals surface area contributed by atoms with Crippen molar-refractivity contribution in [2.24, 2.45) is 0 Å². The first-order valence-corrected chi connectivity index (χ1v) is 11.2. The van der Waals surface area contributed by atoms with Gasteiger partial charge in [-0.25, -0.2) is 9.97 Å². The molecule has 1 saturated carbocycles. The quantitative estimate of drug-likeness (QED) is 0.426. The van der Waals surface area contributed by atoms with E-state index >= 15 is 0 Å². The summed E-state index contributed by atoms with van der Waals surface area (Å²) in [4.78, 5) is 24.7. The van der Waals surface area contributed by atoms with Crippen LogP contribution in [-0.2, 0) is 0 Å². The second kappa shape index (κ2) is 7.53. The summed E-state index contributed by atoms with van der Waals surface area (Å²) in [6.07, 6.45) is 6.46. The van der Waals surface area contributed by atoms with E-state index in [2.05, 4.69) is 49.5 Å². The predicted octanol–water partition coefficient (Wildman–Crippen LogP) is 1.53. The molecule has 2 aliphatic rings. The third-order valence-corrected chi connectivity index (χ3v) is 6.83. The molecule has 1 amide bonds. The molecule has 0 aromatic carbocycles. The fraction of sp³-hybridized carbons (Fsp3) is 0.391. The van der Waals surface area contributed by atoms with Crippen LogP contribution in [-0.4, -0.2) is 79.4 Å². The summed E-state index contributed by atoms with van der Waals surface area (Å²) >= 11 is 0. The van der Waals surface area contributed by atoms with Crippen molar-refractivity contribution < 1.29 is 9.90 Å². The predicted molar refractivity (Wildman–Crippen MR) is 124 cm³/mol. The average Bonchev–Trinajstić information content (AvgIpc) is 3.40. The van der Waals surface area contributed by atoms with Gasteiger partial charge in [-0.1, -0.05) is 0 Å². The molecule has 4 aromatic rings. The van der Waals surface area contributed by atoms with Crippen LogP contribution >= 0.6 is 0 Å². The van der Waals surface area contributed by atoms with Gasteiger partial charge in [0.2, 0.25) is 0 Å². The Morgan fingerprint density at radius 2 is 2.09 bits per heavy atom. The second-order valence-corrected chi connectivity index (χ2v) is 8.99. The Balaban J connectivity index is 1.46. The highest BCUT2D eigenvalue weighted by molar-refractivity contribution is 6.01. The van der Waals surface area contributed by atoms with Gasteiger partial charge in [0.25, 0.3) is 5.91 Å². The zero-order chi connectivity index (χ0) is 22.7. The number of likely N-dealkylation sites (tertiary alicyclic amines) is 1. The Hall–Kier alpha value is -3.50. The lowest BCUT2D eigenvalue weighted by Gasteiger charge is -2.37. The van der Waals surface area contributed by atoms with Crippen molar-refractivity contribution in [3.05, 3.63) is 42.4 Å². The normalized spacial score (nSPS) is 21.2. The number of nitrogens with one attached hydrogen (secondary N) is 2. The summed E-state index contributed by atoms with van der Waals surface area (Å²) in [6, 6.07) is 6.09. The first-order chi connectivity index (χ1) is 16.0. The fourth-order valence-corrected chi connectivity index (χ4v) is 4.74. The van der Waals surface area contributed by atoms with Gasteiger partial charge in [-0.3, -0.25) is 4.79 Å². The highest BCUT2D eigenvalue weighted by Crippen LogP contribution is 2.34. The average molecular weight is 447 g/mol. The van der Waals surface area contributed by atoms with Gasteiger partial charge in [-0.05, 0) is 32.0 Å². The third kappa shape index (κ3) is 3.17. The molecular formula is C23H26N8O2. The van der Waals surface area contributed by atoms with E-state index in [-0.39, 0.29) is 11.9 Å². The van der Waals surface area contributed by atoms with Gasteiger partial charge in [-0.15, -0.1) is 0 Å². The minimum atomic E-state index is -0.489. The molecule has 10 heteroatoms. The largest absolute Gasteiger partial charge is 0.391 e. The zero-order valence-corrected chi connectivity index (χ0v) is 18.6. The SMILES string of the molecule is CNc1cc(-c2cn(C3CN(C)C3)c3ncccc23)nc2c(C(=O)N[C@H]3CC[C@@H]3O)cnn12. The summed E-state index contributed by atoms with van der Waals surface area (Å²) in [5.74, 6) is 0.452. The van der Waals surface area contributed by atoms with Crippen molar-refractivity contribution in [1.29, 1.82) is 0 Å². The highest BCUT2D eigenvalue weighted by Gasteiger charge is 2.32. The lowest BCUT2D eigenvalue weighted by molar-refractivity contribution is 0.0448. The molecule has 4 aromatic heterocycles. The van der Waals surface area contributed by atoms with E-state index in [4.69, 9.17) is 4.98 Å². The molecule has 2 atom stereocenters. The van der Waals surface area contributed by atoms with Gasteiger partial charge >= 0.3 is 0 Å². The van der Waals surface area contributed by atoms with Crippen molar-refractivity contribution in [3.63, 3.8) is 0 Å². The maximum atomic E-state index is 12.9. The Morgan fingerprint density at radius 3 is 2.79 bits per heavy atom. The molecule has 1 saturated heterocycles. The van der Waals surface area contributed by atoms with E-state index in [9.17, 15) is 9.90 Å². The lowest BCUT2D eigenvalue weighted by atomic mass is 9.89. The number of aromatic nitrogens is 5. The molecule has 6 rings (SSSR count). The van der Waals surface area contributed by atoms with Gasteiger partial charge in [0.1, 0.15) is 17.0 Å². The van der Waals surface area contributed by atoms with Gasteiger partial charge in [0.15, 0.2) is 5.65 Å². The second-order valence-electron chi connectivity index (χ2n) is 8.99. The van der Waals surface area contributed by atoms with E-state index in [1.165, 1.54) is 6.20 Å². The number of anilines is 1. The molecule has 2 fully saturated rings. The molecule has 170 valence electrons. The van der Waals surface area contributed by atoms with Gasteiger partial charge < -0.3 is 25.2 Å². The van der Waals surface area contributed by atoms with Crippen LogP contribution in [0.25, 0.3) is 27.9 Å². The number of hydrogen-bond donors (Lipinski definition) is 3. The minimum absolute atomic E-state index is 0.218. The maximum absolute atomic E-state index is 12.9. The Labute approximate surface area is 190 Å². The number of carbonyl (C=O) groups is 1. The van der Waals surface area contributed by atoms with Crippen LogP contribution in [0, 0.1) is 0 Å². The monoisotopic (exact) mass is 446 g/mol. The smallest absolute Gasteiger partial charge is 0.257 e. The molecule has 1 aliphatic heterocycles. The lowest BCUT2D eigenvalue weighted by Crippen LogP contribution is -2.50. The van der Waals surface area contributed by atoms with Crippen LogP contribution in [0.4, 0.5) is 5.82 Å².